The Labute approximate surface area is 112 Å². The van der Waals surface area contributed by atoms with Crippen molar-refractivity contribution in [1.82, 2.24) is 0 Å². The van der Waals surface area contributed by atoms with Crippen molar-refractivity contribution < 1.29 is 4.74 Å². The van der Waals surface area contributed by atoms with Gasteiger partial charge in [0.2, 0.25) is 0 Å². The summed E-state index contributed by atoms with van der Waals surface area (Å²) in [6, 6.07) is 5.66. The van der Waals surface area contributed by atoms with Crippen molar-refractivity contribution >= 4 is 34.7 Å². The minimum absolute atomic E-state index is 0.395. The topological polar surface area (TPSA) is 47.3 Å². The molecule has 3 nitrogen and oxygen atoms in total. The molecule has 1 aromatic carbocycles. The lowest BCUT2D eigenvalue weighted by atomic mass is 10.1. The van der Waals surface area contributed by atoms with Crippen LogP contribution >= 0.6 is 24.0 Å². The average molecular weight is 270 g/mol. The maximum Gasteiger partial charge on any atom is 0.120 e. The zero-order valence-corrected chi connectivity index (χ0v) is 12.0. The highest BCUT2D eigenvalue weighted by molar-refractivity contribution is 7.99. The second-order valence-electron chi connectivity index (χ2n) is 3.70. The van der Waals surface area contributed by atoms with Gasteiger partial charge in [-0.25, -0.2) is 0 Å². The Kier molecular flexibility index (Phi) is 5.58. The number of hydrogen-bond donors (Lipinski definition) is 2. The fourth-order valence-corrected chi connectivity index (χ4v) is 1.78. The molecule has 1 atom stereocenters. The molecule has 0 fully saturated rings. The van der Waals surface area contributed by atoms with E-state index in [4.69, 9.17) is 22.7 Å². The van der Waals surface area contributed by atoms with Gasteiger partial charge in [-0.3, -0.25) is 0 Å². The molecule has 94 valence electrons. The van der Waals surface area contributed by atoms with Crippen LogP contribution in [0, 0.1) is 0 Å². The van der Waals surface area contributed by atoms with Gasteiger partial charge in [-0.15, -0.1) is 0 Å². The van der Waals surface area contributed by atoms with E-state index in [1.54, 1.807) is 7.11 Å². The number of methoxy groups -OCH3 is 1. The lowest BCUT2D eigenvalue weighted by molar-refractivity contribution is 0.415. The minimum Gasteiger partial charge on any atom is -0.497 e. The third-order valence-electron chi connectivity index (χ3n) is 2.47. The molecular formula is C12H18N2OS2. The summed E-state index contributed by atoms with van der Waals surface area (Å²) in [4.78, 5) is 0.395. The van der Waals surface area contributed by atoms with Crippen LogP contribution in [0.3, 0.4) is 0 Å². The van der Waals surface area contributed by atoms with Crippen LogP contribution in [-0.2, 0) is 0 Å². The number of anilines is 1. The minimum atomic E-state index is 0.395. The largest absolute Gasteiger partial charge is 0.497 e. The molecule has 0 aliphatic rings. The van der Waals surface area contributed by atoms with E-state index >= 15 is 0 Å². The summed E-state index contributed by atoms with van der Waals surface area (Å²) < 4.78 is 5.19. The van der Waals surface area contributed by atoms with E-state index in [1.165, 1.54) is 0 Å². The van der Waals surface area contributed by atoms with Crippen molar-refractivity contribution in [1.29, 1.82) is 0 Å². The van der Waals surface area contributed by atoms with Gasteiger partial charge in [-0.05, 0) is 18.4 Å². The molecule has 0 radical (unpaired) electrons. The number of thiocarbonyl (C=S) groups is 1. The highest BCUT2D eigenvalue weighted by Crippen LogP contribution is 2.23. The molecule has 0 heterocycles. The van der Waals surface area contributed by atoms with E-state index in [2.05, 4.69) is 18.5 Å². The number of nitrogens with two attached hydrogens (primary N) is 1. The SMILES string of the molecule is COc1ccc(C(N)=S)c(NCC(C)SC)c1. The van der Waals surface area contributed by atoms with Crippen LogP contribution in [0.25, 0.3) is 0 Å². The number of rotatable bonds is 6. The van der Waals surface area contributed by atoms with Crippen LogP contribution in [0.4, 0.5) is 5.69 Å². The Hall–Kier alpha value is -0.940. The van der Waals surface area contributed by atoms with Crippen molar-refractivity contribution in [2.45, 2.75) is 12.2 Å². The molecule has 3 N–H and O–H groups in total. The third-order valence-corrected chi connectivity index (χ3v) is 3.67. The first-order valence-corrected chi connectivity index (χ1v) is 7.02. The molecular weight excluding hydrogens is 252 g/mol. The number of ether oxygens (including phenoxy) is 1. The standard InChI is InChI=1S/C12H18N2OS2/c1-8(17-3)7-14-11-6-9(15-2)4-5-10(11)12(13)16/h4-6,8,14H,7H2,1-3H3,(H2,13,16). The molecule has 1 aromatic rings. The summed E-state index contributed by atoms with van der Waals surface area (Å²) >= 11 is 6.84. The van der Waals surface area contributed by atoms with Crippen molar-refractivity contribution in [2.24, 2.45) is 5.73 Å². The molecule has 0 bridgehead atoms. The molecule has 0 aromatic heterocycles. The third kappa shape index (κ3) is 4.09. The van der Waals surface area contributed by atoms with Crippen LogP contribution in [0.5, 0.6) is 5.75 Å². The molecule has 0 amide bonds. The summed E-state index contributed by atoms with van der Waals surface area (Å²) in [5.74, 6) is 0.796. The summed E-state index contributed by atoms with van der Waals surface area (Å²) in [6.07, 6.45) is 2.09. The smallest absolute Gasteiger partial charge is 0.120 e. The molecule has 0 aliphatic heterocycles. The number of hydrogen-bond acceptors (Lipinski definition) is 4. The Morgan fingerprint density at radius 2 is 2.29 bits per heavy atom. The first kappa shape index (κ1) is 14.1. The van der Waals surface area contributed by atoms with E-state index in [9.17, 15) is 0 Å². The number of thioether (sulfide) groups is 1. The molecule has 0 aliphatic carbocycles. The van der Waals surface area contributed by atoms with Gasteiger partial charge < -0.3 is 15.8 Å². The van der Waals surface area contributed by atoms with Crippen molar-refractivity contribution in [3.05, 3.63) is 23.8 Å². The Morgan fingerprint density at radius 1 is 1.59 bits per heavy atom. The second-order valence-corrected chi connectivity index (χ2v) is 5.42. The number of benzene rings is 1. The highest BCUT2D eigenvalue weighted by Gasteiger charge is 2.08. The molecule has 5 heteroatoms. The first-order valence-electron chi connectivity index (χ1n) is 5.33. The molecule has 1 unspecified atom stereocenters. The van der Waals surface area contributed by atoms with E-state index in [0.29, 0.717) is 10.2 Å². The Balaban J connectivity index is 2.89. The predicted octanol–water partition coefficient (Wildman–Crippen LogP) is 2.49. The summed E-state index contributed by atoms with van der Waals surface area (Å²) in [5, 5.41) is 3.88. The van der Waals surface area contributed by atoms with Crippen LogP contribution in [-0.4, -0.2) is 30.1 Å². The zero-order valence-electron chi connectivity index (χ0n) is 10.3. The molecule has 1 rings (SSSR count). The van der Waals surface area contributed by atoms with Gasteiger partial charge in [0.15, 0.2) is 0 Å². The normalized spacial score (nSPS) is 11.9. The Morgan fingerprint density at radius 3 is 2.82 bits per heavy atom. The molecule has 0 saturated carbocycles. The first-order chi connectivity index (χ1) is 8.08. The van der Waals surface area contributed by atoms with E-state index in [1.807, 2.05) is 30.0 Å². The van der Waals surface area contributed by atoms with Crippen LogP contribution in [0.1, 0.15) is 12.5 Å². The lowest BCUT2D eigenvalue weighted by Crippen LogP contribution is -2.17. The van der Waals surface area contributed by atoms with Crippen LogP contribution in [0.2, 0.25) is 0 Å². The van der Waals surface area contributed by atoms with Crippen molar-refractivity contribution in [3.63, 3.8) is 0 Å². The zero-order chi connectivity index (χ0) is 12.8. The molecule has 17 heavy (non-hydrogen) atoms. The fraction of sp³-hybridized carbons (Fsp3) is 0.417. The Bertz CT molecular complexity index is 396. The van der Waals surface area contributed by atoms with Gasteiger partial charge in [0.25, 0.3) is 0 Å². The fourth-order valence-electron chi connectivity index (χ4n) is 1.35. The van der Waals surface area contributed by atoms with Crippen molar-refractivity contribution in [3.8, 4) is 5.75 Å². The molecule has 0 saturated heterocycles. The summed E-state index contributed by atoms with van der Waals surface area (Å²) in [6.45, 7) is 3.03. The second kappa shape index (κ2) is 6.71. The lowest BCUT2D eigenvalue weighted by Gasteiger charge is -2.15. The number of nitrogens with one attached hydrogen (secondary N) is 1. The average Bonchev–Trinajstić information content (AvgIpc) is 2.35. The van der Waals surface area contributed by atoms with Gasteiger partial charge in [0.05, 0.1) is 7.11 Å². The van der Waals surface area contributed by atoms with Gasteiger partial charge in [-0.2, -0.15) is 11.8 Å². The summed E-state index contributed by atoms with van der Waals surface area (Å²) in [7, 11) is 1.64. The quantitative estimate of drug-likeness (QED) is 0.778. The highest BCUT2D eigenvalue weighted by atomic mass is 32.2. The van der Waals surface area contributed by atoms with Gasteiger partial charge in [0, 0.05) is 29.1 Å². The van der Waals surface area contributed by atoms with E-state index < -0.39 is 0 Å². The van der Waals surface area contributed by atoms with Gasteiger partial charge in [0.1, 0.15) is 10.7 Å². The van der Waals surface area contributed by atoms with Crippen LogP contribution in [0.15, 0.2) is 18.2 Å². The van der Waals surface area contributed by atoms with Gasteiger partial charge >= 0.3 is 0 Å². The maximum atomic E-state index is 5.69. The van der Waals surface area contributed by atoms with Gasteiger partial charge in [-0.1, -0.05) is 19.1 Å². The van der Waals surface area contributed by atoms with Crippen LogP contribution < -0.4 is 15.8 Å². The van der Waals surface area contributed by atoms with Crippen molar-refractivity contribution in [2.75, 3.05) is 25.2 Å². The summed E-state index contributed by atoms with van der Waals surface area (Å²) in [5.41, 5.74) is 7.47. The van der Waals surface area contributed by atoms with E-state index in [0.717, 1.165) is 23.5 Å². The molecule has 0 spiro atoms. The maximum absolute atomic E-state index is 5.69. The monoisotopic (exact) mass is 270 g/mol. The van der Waals surface area contributed by atoms with E-state index in [-0.39, 0.29) is 0 Å². The predicted molar refractivity (Wildman–Crippen MR) is 80.3 cm³/mol.